The zero-order valence-corrected chi connectivity index (χ0v) is 17.8. The molecule has 5 heteroatoms. The first-order valence-electron chi connectivity index (χ1n) is 11.0. The molecule has 156 valence electrons. The van der Waals surface area contributed by atoms with Gasteiger partial charge in [-0.05, 0) is 67.9 Å². The van der Waals surface area contributed by atoms with Gasteiger partial charge in [0.25, 0.3) is 0 Å². The average Bonchev–Trinajstić information content (AvgIpc) is 3.61. The summed E-state index contributed by atoms with van der Waals surface area (Å²) in [7, 11) is 1.37. The van der Waals surface area contributed by atoms with Gasteiger partial charge in [0.2, 0.25) is 5.91 Å². The van der Waals surface area contributed by atoms with Crippen LogP contribution in [0.4, 0.5) is 4.79 Å². The van der Waals surface area contributed by atoms with Crippen LogP contribution in [0.3, 0.4) is 0 Å². The SMILES string of the molecule is COC(=O)NC1(C)CC(C(=O)N2CCC3(c4cccc(C5(C)CC5)c4)CC3C2)C1. The van der Waals surface area contributed by atoms with Crippen LogP contribution in [-0.4, -0.2) is 42.6 Å². The Morgan fingerprint density at radius 2 is 1.83 bits per heavy atom. The zero-order chi connectivity index (χ0) is 20.4. The number of carbonyl (C=O) groups is 2. The Hall–Kier alpha value is -2.04. The van der Waals surface area contributed by atoms with Crippen LogP contribution in [0.1, 0.15) is 63.5 Å². The maximum Gasteiger partial charge on any atom is 0.407 e. The van der Waals surface area contributed by atoms with E-state index in [0.717, 1.165) is 19.5 Å². The van der Waals surface area contributed by atoms with Crippen LogP contribution in [0.15, 0.2) is 24.3 Å². The number of ether oxygens (including phenoxy) is 1. The molecule has 5 nitrogen and oxygen atoms in total. The Bertz CT molecular complexity index is 855. The summed E-state index contributed by atoms with van der Waals surface area (Å²) in [5.41, 5.74) is 3.40. The second-order valence-electron chi connectivity index (χ2n) is 10.5. The Kier molecular flexibility index (Phi) is 4.07. The van der Waals surface area contributed by atoms with Crippen molar-refractivity contribution in [1.29, 1.82) is 0 Å². The fourth-order valence-corrected chi connectivity index (χ4v) is 5.86. The molecule has 3 saturated carbocycles. The van der Waals surface area contributed by atoms with Crippen molar-refractivity contribution in [3.8, 4) is 0 Å². The van der Waals surface area contributed by atoms with E-state index < -0.39 is 6.09 Å². The van der Waals surface area contributed by atoms with Gasteiger partial charge in [-0.3, -0.25) is 4.79 Å². The number of hydrogen-bond acceptors (Lipinski definition) is 3. The molecule has 1 aromatic rings. The number of alkyl carbamates (subject to hydrolysis) is 1. The number of hydrogen-bond donors (Lipinski definition) is 1. The predicted octanol–water partition coefficient (Wildman–Crippen LogP) is 3.75. The van der Waals surface area contributed by atoms with E-state index in [1.165, 1.54) is 37.5 Å². The molecule has 4 fully saturated rings. The highest BCUT2D eigenvalue weighted by molar-refractivity contribution is 5.81. The number of methoxy groups -OCH3 is 1. The Morgan fingerprint density at radius 3 is 2.48 bits per heavy atom. The second kappa shape index (κ2) is 6.23. The van der Waals surface area contributed by atoms with Crippen LogP contribution in [0.2, 0.25) is 0 Å². The molecule has 29 heavy (non-hydrogen) atoms. The second-order valence-corrected chi connectivity index (χ2v) is 10.5. The number of nitrogens with one attached hydrogen (secondary N) is 1. The van der Waals surface area contributed by atoms with Crippen molar-refractivity contribution in [2.24, 2.45) is 11.8 Å². The normalized spacial score (nSPS) is 36.4. The highest BCUT2D eigenvalue weighted by Gasteiger charge is 2.59. The number of amides is 2. The molecule has 1 N–H and O–H groups in total. The Balaban J connectivity index is 1.20. The van der Waals surface area contributed by atoms with Crippen LogP contribution >= 0.6 is 0 Å². The van der Waals surface area contributed by atoms with Crippen LogP contribution in [-0.2, 0) is 20.4 Å². The number of carbonyl (C=O) groups excluding carboxylic acids is 2. The Morgan fingerprint density at radius 1 is 1.10 bits per heavy atom. The molecular formula is C24H32N2O3. The molecule has 5 rings (SSSR count). The van der Waals surface area contributed by atoms with E-state index >= 15 is 0 Å². The zero-order valence-electron chi connectivity index (χ0n) is 17.8. The van der Waals surface area contributed by atoms with E-state index in [-0.39, 0.29) is 17.4 Å². The summed E-state index contributed by atoms with van der Waals surface area (Å²) in [6.07, 6.45) is 5.89. The van der Waals surface area contributed by atoms with Crippen molar-refractivity contribution >= 4 is 12.0 Å². The third-order valence-electron chi connectivity index (χ3n) is 8.28. The average molecular weight is 397 g/mol. The number of fused-ring (bicyclic) bond motifs is 1. The summed E-state index contributed by atoms with van der Waals surface area (Å²) in [4.78, 5) is 26.6. The van der Waals surface area contributed by atoms with Gasteiger partial charge in [0.1, 0.15) is 0 Å². The predicted molar refractivity (Wildman–Crippen MR) is 111 cm³/mol. The van der Waals surface area contributed by atoms with Gasteiger partial charge >= 0.3 is 6.09 Å². The van der Waals surface area contributed by atoms with E-state index in [9.17, 15) is 9.59 Å². The lowest BCUT2D eigenvalue weighted by Crippen LogP contribution is -2.59. The highest BCUT2D eigenvalue weighted by Crippen LogP contribution is 2.60. The van der Waals surface area contributed by atoms with Crippen LogP contribution in [0.25, 0.3) is 0 Å². The largest absolute Gasteiger partial charge is 0.453 e. The summed E-state index contributed by atoms with van der Waals surface area (Å²) in [6.45, 7) is 6.10. The standard InChI is InChI=1S/C24H32N2O3/c1-22(7-8-22)17-5-4-6-18(11-17)24-9-10-26(15-19(24)14-24)20(27)16-12-23(2,13-16)25-21(28)29-3/h4-6,11,16,19H,7-10,12-15H2,1-3H3,(H,25,28). The molecule has 1 saturated heterocycles. The summed E-state index contributed by atoms with van der Waals surface area (Å²) < 4.78 is 4.69. The number of benzene rings is 1. The minimum atomic E-state index is -0.415. The lowest BCUT2D eigenvalue weighted by molar-refractivity contribution is -0.142. The highest BCUT2D eigenvalue weighted by atomic mass is 16.5. The molecule has 1 aromatic carbocycles. The third kappa shape index (κ3) is 3.13. The van der Waals surface area contributed by atoms with Gasteiger partial charge in [-0.25, -0.2) is 4.79 Å². The number of nitrogens with zero attached hydrogens (tertiary/aromatic N) is 1. The molecule has 0 bridgehead atoms. The van der Waals surface area contributed by atoms with Gasteiger partial charge in [-0.1, -0.05) is 31.2 Å². The van der Waals surface area contributed by atoms with Gasteiger partial charge in [-0.2, -0.15) is 0 Å². The number of rotatable bonds is 4. The fraction of sp³-hybridized carbons (Fsp3) is 0.667. The summed E-state index contributed by atoms with van der Waals surface area (Å²) in [5, 5.41) is 2.87. The molecular weight excluding hydrogens is 364 g/mol. The van der Waals surface area contributed by atoms with E-state index in [2.05, 4.69) is 41.4 Å². The Labute approximate surface area is 173 Å². The summed E-state index contributed by atoms with van der Waals surface area (Å²) in [6, 6.07) is 9.29. The van der Waals surface area contributed by atoms with Crippen molar-refractivity contribution in [3.05, 3.63) is 35.4 Å². The number of likely N-dealkylation sites (tertiary alicyclic amines) is 1. The third-order valence-corrected chi connectivity index (χ3v) is 8.28. The van der Waals surface area contributed by atoms with Crippen LogP contribution in [0.5, 0.6) is 0 Å². The molecule has 0 spiro atoms. The van der Waals surface area contributed by atoms with Crippen molar-refractivity contribution in [3.63, 3.8) is 0 Å². The van der Waals surface area contributed by atoms with Crippen LogP contribution < -0.4 is 5.32 Å². The molecule has 2 amide bonds. The minimum Gasteiger partial charge on any atom is -0.453 e. The molecule has 2 atom stereocenters. The van der Waals surface area contributed by atoms with Gasteiger partial charge in [-0.15, -0.1) is 0 Å². The summed E-state index contributed by atoms with van der Waals surface area (Å²) in [5.74, 6) is 0.901. The van der Waals surface area contributed by atoms with Crippen molar-refractivity contribution < 1.29 is 14.3 Å². The molecule has 1 aliphatic heterocycles. The first-order valence-corrected chi connectivity index (χ1v) is 11.0. The van der Waals surface area contributed by atoms with Crippen LogP contribution in [0, 0.1) is 11.8 Å². The summed E-state index contributed by atoms with van der Waals surface area (Å²) >= 11 is 0. The van der Waals surface area contributed by atoms with Crippen molar-refractivity contribution in [2.45, 2.75) is 68.7 Å². The smallest absolute Gasteiger partial charge is 0.407 e. The molecule has 0 aromatic heterocycles. The fourth-order valence-electron chi connectivity index (χ4n) is 5.86. The van der Waals surface area contributed by atoms with Gasteiger partial charge in [0.05, 0.1) is 7.11 Å². The van der Waals surface area contributed by atoms with Gasteiger partial charge in [0, 0.05) is 30.0 Å². The first-order chi connectivity index (χ1) is 13.8. The molecule has 1 heterocycles. The molecule has 0 radical (unpaired) electrons. The van der Waals surface area contributed by atoms with Gasteiger partial charge < -0.3 is 15.0 Å². The quantitative estimate of drug-likeness (QED) is 0.843. The topological polar surface area (TPSA) is 58.6 Å². The maximum absolute atomic E-state index is 13.0. The van der Waals surface area contributed by atoms with Crippen molar-refractivity contribution in [1.82, 2.24) is 10.2 Å². The monoisotopic (exact) mass is 396 g/mol. The van der Waals surface area contributed by atoms with E-state index in [1.54, 1.807) is 0 Å². The molecule has 2 unspecified atom stereocenters. The molecule has 3 aliphatic carbocycles. The lowest BCUT2D eigenvalue weighted by atomic mass is 9.68. The minimum absolute atomic E-state index is 0.0292. The number of piperidine rings is 1. The lowest BCUT2D eigenvalue weighted by Gasteiger charge is -2.46. The van der Waals surface area contributed by atoms with E-state index in [1.807, 2.05) is 6.92 Å². The van der Waals surface area contributed by atoms with E-state index in [4.69, 9.17) is 4.74 Å². The first kappa shape index (κ1) is 19.0. The van der Waals surface area contributed by atoms with Crippen molar-refractivity contribution in [2.75, 3.05) is 20.2 Å². The van der Waals surface area contributed by atoms with Gasteiger partial charge in [0.15, 0.2) is 0 Å². The van der Waals surface area contributed by atoms with E-state index in [0.29, 0.717) is 29.6 Å². The molecule has 4 aliphatic rings. The maximum atomic E-state index is 13.0.